The Kier molecular flexibility index (Phi) is 9.13. The second-order valence-electron chi connectivity index (χ2n) is 16.5. The van der Waals surface area contributed by atoms with Gasteiger partial charge in [0.05, 0.1) is 44.8 Å². The third-order valence-electron chi connectivity index (χ3n) is 12.2. The minimum atomic E-state index is 0.628. The van der Waals surface area contributed by atoms with Gasteiger partial charge in [-0.25, -0.2) is 39.9 Å². The highest BCUT2D eigenvalue weighted by Gasteiger charge is 2.22. The third-order valence-corrected chi connectivity index (χ3v) is 12.2. The minimum absolute atomic E-state index is 0.628. The number of benzene rings is 7. The molecule has 0 aliphatic heterocycles. The molecule has 0 bridgehead atoms. The van der Waals surface area contributed by atoms with Crippen LogP contribution in [0.5, 0.6) is 0 Å². The molecule has 5 aromatic heterocycles. The van der Waals surface area contributed by atoms with Crippen LogP contribution in [-0.4, -0.2) is 49.0 Å². The summed E-state index contributed by atoms with van der Waals surface area (Å²) in [5.74, 6) is 4.67. The van der Waals surface area contributed by atoms with Crippen molar-refractivity contribution in [1.82, 2.24) is 49.0 Å². The first-order valence-electron chi connectivity index (χ1n) is 21.9. The molecule has 0 saturated heterocycles. The van der Waals surface area contributed by atoms with Gasteiger partial charge in [0.1, 0.15) is 23.3 Å². The summed E-state index contributed by atoms with van der Waals surface area (Å²) in [6.07, 6.45) is 0. The van der Waals surface area contributed by atoms with Crippen molar-refractivity contribution >= 4 is 43.6 Å². The van der Waals surface area contributed by atoms with E-state index in [4.69, 9.17) is 29.9 Å². The lowest BCUT2D eigenvalue weighted by Crippen LogP contribution is -2.03. The Labute approximate surface area is 380 Å². The van der Waals surface area contributed by atoms with Crippen LogP contribution in [0.15, 0.2) is 170 Å². The average Bonchev–Trinajstić information content (AvgIpc) is 3.85. The van der Waals surface area contributed by atoms with E-state index in [1.807, 2.05) is 45.9 Å². The molecule has 0 radical (unpaired) electrons. The van der Waals surface area contributed by atoms with Crippen LogP contribution in [0, 0.1) is 27.7 Å². The lowest BCUT2D eigenvalue weighted by atomic mass is 10.0. The summed E-state index contributed by atoms with van der Waals surface area (Å²) >= 11 is 0. The monoisotopic (exact) mass is 852 g/mol. The summed E-state index contributed by atoms with van der Waals surface area (Å²) in [6.45, 7) is 7.62. The zero-order chi connectivity index (χ0) is 44.5. The number of hydrogen-bond donors (Lipinski definition) is 0. The van der Waals surface area contributed by atoms with Gasteiger partial charge in [-0.1, -0.05) is 127 Å². The van der Waals surface area contributed by atoms with Crippen LogP contribution in [0.4, 0.5) is 0 Å². The van der Waals surface area contributed by atoms with Crippen LogP contribution in [0.3, 0.4) is 0 Å². The van der Waals surface area contributed by atoms with E-state index in [0.29, 0.717) is 40.8 Å². The van der Waals surface area contributed by atoms with Gasteiger partial charge < -0.3 is 9.13 Å². The fraction of sp³-hybridized carbons (Fsp3) is 0.0714. The van der Waals surface area contributed by atoms with Crippen molar-refractivity contribution in [1.29, 1.82) is 0 Å². The van der Waals surface area contributed by atoms with Crippen LogP contribution in [0.1, 0.15) is 23.3 Å². The zero-order valence-corrected chi connectivity index (χ0v) is 36.6. The maximum Gasteiger partial charge on any atom is 0.163 e. The van der Waals surface area contributed by atoms with E-state index in [1.165, 1.54) is 0 Å². The van der Waals surface area contributed by atoms with Crippen molar-refractivity contribution in [3.05, 3.63) is 193 Å². The molecule has 0 fully saturated rings. The summed E-state index contributed by atoms with van der Waals surface area (Å²) in [6, 6.07) is 59.4. The van der Waals surface area contributed by atoms with Gasteiger partial charge in [0.2, 0.25) is 0 Å². The van der Waals surface area contributed by atoms with E-state index in [2.05, 4.69) is 171 Å². The number of aryl methyl sites for hydroxylation is 4. The van der Waals surface area contributed by atoms with Crippen molar-refractivity contribution in [2.24, 2.45) is 0 Å². The maximum atomic E-state index is 5.39. The molecule has 0 amide bonds. The molecule has 0 aliphatic rings. The van der Waals surface area contributed by atoms with Gasteiger partial charge in [-0.2, -0.15) is 0 Å². The Morgan fingerprint density at radius 3 is 1.14 bits per heavy atom. The van der Waals surface area contributed by atoms with Crippen LogP contribution < -0.4 is 0 Å². The minimum Gasteiger partial charge on any atom is -0.309 e. The first kappa shape index (κ1) is 38.9. The number of para-hydroxylation sites is 4. The van der Waals surface area contributed by atoms with Crippen molar-refractivity contribution in [3.8, 4) is 68.1 Å². The Balaban J connectivity index is 1.09. The van der Waals surface area contributed by atoms with Gasteiger partial charge in [-0.3, -0.25) is 0 Å². The number of rotatable bonds is 7. The van der Waals surface area contributed by atoms with Gasteiger partial charge in [-0.15, -0.1) is 0 Å². The van der Waals surface area contributed by atoms with Gasteiger partial charge in [0.15, 0.2) is 17.5 Å². The quantitative estimate of drug-likeness (QED) is 0.156. The Morgan fingerprint density at radius 1 is 0.288 bits per heavy atom. The summed E-state index contributed by atoms with van der Waals surface area (Å²) in [5, 5.41) is 4.55. The molecular weight excluding hydrogens is 813 g/mol. The van der Waals surface area contributed by atoms with Crippen LogP contribution in [-0.2, 0) is 0 Å². The van der Waals surface area contributed by atoms with Crippen molar-refractivity contribution in [2.45, 2.75) is 27.7 Å². The Hall–Kier alpha value is -8.76. The second-order valence-corrected chi connectivity index (χ2v) is 16.5. The summed E-state index contributed by atoms with van der Waals surface area (Å²) in [5.41, 5.74) is 12.5. The fourth-order valence-electron chi connectivity index (χ4n) is 9.44. The molecule has 0 N–H and O–H groups in total. The molecule has 10 heteroatoms. The molecule has 0 unspecified atom stereocenters. The van der Waals surface area contributed by atoms with Crippen LogP contribution in [0.25, 0.3) is 112 Å². The molecule has 5 heterocycles. The highest BCUT2D eigenvalue weighted by atomic mass is 15.0. The molecule has 10 nitrogen and oxygen atoms in total. The van der Waals surface area contributed by atoms with Crippen molar-refractivity contribution < 1.29 is 0 Å². The van der Waals surface area contributed by atoms with Crippen molar-refractivity contribution in [3.63, 3.8) is 0 Å². The number of fused-ring (bicyclic) bond motifs is 6. The number of nitrogens with zero attached hydrogens (tertiary/aromatic N) is 10. The van der Waals surface area contributed by atoms with Gasteiger partial charge in [0.25, 0.3) is 0 Å². The molecule has 0 saturated carbocycles. The Morgan fingerprint density at radius 2 is 0.667 bits per heavy atom. The van der Waals surface area contributed by atoms with Gasteiger partial charge >= 0.3 is 0 Å². The highest BCUT2D eigenvalue weighted by molar-refractivity contribution is 6.12. The molecule has 12 rings (SSSR count). The van der Waals surface area contributed by atoms with E-state index < -0.39 is 0 Å². The number of aromatic nitrogens is 10. The lowest BCUT2D eigenvalue weighted by Gasteiger charge is -2.17. The predicted molar refractivity (Wildman–Crippen MR) is 264 cm³/mol. The van der Waals surface area contributed by atoms with Crippen LogP contribution in [0.2, 0.25) is 0 Å². The highest BCUT2D eigenvalue weighted by Crippen LogP contribution is 2.41. The second kappa shape index (κ2) is 15.5. The van der Waals surface area contributed by atoms with E-state index in [9.17, 15) is 0 Å². The summed E-state index contributed by atoms with van der Waals surface area (Å²) < 4.78 is 4.68. The molecule has 0 aliphatic carbocycles. The molecule has 7 aromatic carbocycles. The lowest BCUT2D eigenvalue weighted by molar-refractivity contribution is 0.928. The molecule has 66 heavy (non-hydrogen) atoms. The molecule has 12 aromatic rings. The SMILES string of the molecule is Cc1nc(C)nc(-c2ccc3c4ccccc4n(-c4ccccc4-c4cc(-c5ccccc5-n5c6ccccc6c6ccc(-c7nc(C)nc(C)n7)cc65)nc(-c5ccccc5)n4)c3c2)n1. The molecule has 0 spiro atoms. The van der Waals surface area contributed by atoms with Gasteiger partial charge in [-0.05, 0) is 70.2 Å². The van der Waals surface area contributed by atoms with E-state index >= 15 is 0 Å². The van der Waals surface area contributed by atoms with Crippen LogP contribution >= 0.6 is 0 Å². The topological polar surface area (TPSA) is 113 Å². The molecular formula is C56H40N10. The predicted octanol–water partition coefficient (Wildman–Crippen LogP) is 12.6. The largest absolute Gasteiger partial charge is 0.309 e. The van der Waals surface area contributed by atoms with Crippen molar-refractivity contribution in [2.75, 3.05) is 0 Å². The van der Waals surface area contributed by atoms with E-state index in [1.54, 1.807) is 0 Å². The standard InChI is InChI=1S/C56H40N10/c1-33-57-34(2)60-55(59-33)38-26-28-42-40-18-8-12-22-48(40)65(52(42)30-38)50-24-14-10-20-44(50)46-32-47(64-54(63-46)37-16-6-5-7-17-37)45-21-11-15-25-51(45)66-49-23-13-9-19-41(49)43-29-27-39(31-53(43)66)56-61-35(3)58-36(4)62-56/h5-32H,1-4H3. The Bertz CT molecular complexity index is 3620. The first-order valence-corrected chi connectivity index (χ1v) is 21.9. The first-order chi connectivity index (χ1) is 32.3. The van der Waals surface area contributed by atoms with E-state index in [-0.39, 0.29) is 0 Å². The average molecular weight is 853 g/mol. The normalized spacial score (nSPS) is 11.6. The fourth-order valence-corrected chi connectivity index (χ4v) is 9.44. The molecule has 314 valence electrons. The zero-order valence-electron chi connectivity index (χ0n) is 36.6. The summed E-state index contributed by atoms with van der Waals surface area (Å²) in [7, 11) is 0. The summed E-state index contributed by atoms with van der Waals surface area (Å²) in [4.78, 5) is 38.6. The number of hydrogen-bond acceptors (Lipinski definition) is 8. The smallest absolute Gasteiger partial charge is 0.163 e. The maximum absolute atomic E-state index is 5.39. The van der Waals surface area contributed by atoms with Gasteiger partial charge in [0, 0.05) is 49.4 Å². The molecule has 0 atom stereocenters. The third kappa shape index (κ3) is 6.57. The van der Waals surface area contributed by atoms with E-state index in [0.717, 1.165) is 94.2 Å².